The van der Waals surface area contributed by atoms with E-state index >= 15 is 0 Å². The minimum atomic E-state index is -0.981. The molecule has 0 spiro atoms. The van der Waals surface area contributed by atoms with E-state index in [1.807, 2.05) is 20.8 Å². The maximum absolute atomic E-state index is 12.3. The van der Waals surface area contributed by atoms with Crippen LogP contribution in [0.1, 0.15) is 58.6 Å². The van der Waals surface area contributed by atoms with E-state index in [9.17, 15) is 14.4 Å². The molecule has 0 bridgehead atoms. The van der Waals surface area contributed by atoms with Crippen molar-refractivity contribution in [3.8, 4) is 0 Å². The number of hydrogen-bond acceptors (Lipinski definition) is 4. The molecular formula is C19H23N3O4. The van der Waals surface area contributed by atoms with Crippen molar-refractivity contribution >= 4 is 11.9 Å². The summed E-state index contributed by atoms with van der Waals surface area (Å²) in [5.74, 6) is -0.917. The van der Waals surface area contributed by atoms with Gasteiger partial charge in [-0.2, -0.15) is 0 Å². The number of aromatic amines is 1. The van der Waals surface area contributed by atoms with Crippen molar-refractivity contribution < 1.29 is 14.7 Å². The van der Waals surface area contributed by atoms with E-state index < -0.39 is 17.4 Å². The van der Waals surface area contributed by atoms with E-state index in [1.54, 1.807) is 19.1 Å². The molecule has 3 N–H and O–H groups in total. The second kappa shape index (κ2) is 7.51. The predicted octanol–water partition coefficient (Wildman–Crippen LogP) is 2.05. The van der Waals surface area contributed by atoms with Crippen LogP contribution >= 0.6 is 0 Å². The molecule has 2 aromatic rings. The second-order valence-electron chi connectivity index (χ2n) is 7.13. The Morgan fingerprint density at radius 2 is 1.81 bits per heavy atom. The largest absolute Gasteiger partial charge is 0.478 e. The first-order valence-electron chi connectivity index (χ1n) is 8.31. The van der Waals surface area contributed by atoms with Gasteiger partial charge in [0.2, 0.25) is 0 Å². The van der Waals surface area contributed by atoms with Crippen LogP contribution in [0.4, 0.5) is 0 Å². The Hall–Kier alpha value is -2.96. The monoisotopic (exact) mass is 357 g/mol. The molecule has 26 heavy (non-hydrogen) atoms. The maximum atomic E-state index is 12.3. The summed E-state index contributed by atoms with van der Waals surface area (Å²) in [4.78, 5) is 42.5. The van der Waals surface area contributed by atoms with Gasteiger partial charge < -0.3 is 15.4 Å². The summed E-state index contributed by atoms with van der Waals surface area (Å²) in [6, 6.07) is 6.44. The lowest BCUT2D eigenvalue weighted by Gasteiger charge is -2.18. The number of carboxylic acids is 1. The zero-order chi connectivity index (χ0) is 19.5. The number of nitrogens with one attached hydrogen (secondary N) is 2. The van der Waals surface area contributed by atoms with Crippen LogP contribution < -0.4 is 10.9 Å². The molecule has 1 heterocycles. The topological polar surface area (TPSA) is 112 Å². The number of nitrogens with zero attached hydrogens (tertiary/aromatic N) is 1. The van der Waals surface area contributed by atoms with E-state index in [4.69, 9.17) is 5.11 Å². The number of rotatable bonds is 5. The van der Waals surface area contributed by atoms with Gasteiger partial charge in [0.1, 0.15) is 11.4 Å². The molecule has 0 aliphatic rings. The Morgan fingerprint density at radius 3 is 2.31 bits per heavy atom. The molecule has 0 aliphatic heterocycles. The van der Waals surface area contributed by atoms with E-state index in [-0.39, 0.29) is 16.5 Å². The molecule has 7 heteroatoms. The van der Waals surface area contributed by atoms with E-state index in [2.05, 4.69) is 15.3 Å². The number of carbonyl (C=O) groups is 2. The van der Waals surface area contributed by atoms with Crippen molar-refractivity contribution in [2.45, 2.75) is 39.5 Å². The van der Waals surface area contributed by atoms with Gasteiger partial charge in [-0.1, -0.05) is 32.9 Å². The fourth-order valence-electron chi connectivity index (χ4n) is 2.43. The number of amides is 1. The average Bonchev–Trinajstić information content (AvgIpc) is 2.53. The van der Waals surface area contributed by atoms with Crippen LogP contribution in [0.2, 0.25) is 0 Å². The first-order chi connectivity index (χ1) is 12.1. The third kappa shape index (κ3) is 4.56. The lowest BCUT2D eigenvalue weighted by molar-refractivity contribution is 0.0696. The molecule has 0 atom stereocenters. The number of H-pyrrole nitrogens is 1. The lowest BCUT2D eigenvalue weighted by Crippen LogP contribution is -2.34. The molecule has 0 saturated heterocycles. The highest BCUT2D eigenvalue weighted by Gasteiger charge is 2.21. The molecule has 1 aromatic heterocycles. The molecular weight excluding hydrogens is 334 g/mol. The van der Waals surface area contributed by atoms with Gasteiger partial charge in [0, 0.05) is 12.0 Å². The molecule has 0 unspecified atom stereocenters. The van der Waals surface area contributed by atoms with Crippen molar-refractivity contribution in [3.05, 3.63) is 62.8 Å². The highest BCUT2D eigenvalue weighted by atomic mass is 16.4. The van der Waals surface area contributed by atoms with Crippen LogP contribution in [0.3, 0.4) is 0 Å². The van der Waals surface area contributed by atoms with Crippen LogP contribution in [-0.4, -0.2) is 33.5 Å². The fourth-order valence-corrected chi connectivity index (χ4v) is 2.43. The fraction of sp³-hybridized carbons (Fsp3) is 0.368. The molecule has 7 nitrogen and oxygen atoms in total. The highest BCUT2D eigenvalue weighted by molar-refractivity contribution is 5.94. The summed E-state index contributed by atoms with van der Waals surface area (Å²) in [7, 11) is 0. The van der Waals surface area contributed by atoms with Gasteiger partial charge in [-0.05, 0) is 31.0 Å². The van der Waals surface area contributed by atoms with Gasteiger partial charge in [-0.15, -0.1) is 0 Å². The molecule has 0 saturated carbocycles. The van der Waals surface area contributed by atoms with Crippen LogP contribution in [0.25, 0.3) is 0 Å². The minimum absolute atomic E-state index is 0.0132. The Labute approximate surface area is 151 Å². The van der Waals surface area contributed by atoms with Gasteiger partial charge in [0.25, 0.3) is 11.5 Å². The quantitative estimate of drug-likeness (QED) is 0.758. The number of carboxylic acid groups (broad SMARTS) is 1. The van der Waals surface area contributed by atoms with Crippen molar-refractivity contribution in [2.24, 2.45) is 0 Å². The van der Waals surface area contributed by atoms with Crippen molar-refractivity contribution in [1.82, 2.24) is 15.3 Å². The number of hydrogen-bond donors (Lipinski definition) is 3. The lowest BCUT2D eigenvalue weighted by atomic mass is 9.95. The van der Waals surface area contributed by atoms with Crippen molar-refractivity contribution in [3.63, 3.8) is 0 Å². The molecule has 138 valence electrons. The average molecular weight is 357 g/mol. The third-order valence-corrected chi connectivity index (χ3v) is 3.94. The Bertz CT molecular complexity index is 877. The zero-order valence-electron chi connectivity index (χ0n) is 15.3. The Kier molecular flexibility index (Phi) is 5.59. The Morgan fingerprint density at radius 1 is 1.19 bits per heavy atom. The maximum Gasteiger partial charge on any atom is 0.335 e. The SMILES string of the molecule is Cc1nc(C(C)(C)C)[nH]c(=O)c1C(=O)NCCc1ccc(C(=O)O)cc1. The molecule has 1 amide bonds. The second-order valence-corrected chi connectivity index (χ2v) is 7.13. The molecule has 0 aliphatic carbocycles. The Balaban J connectivity index is 2.04. The summed E-state index contributed by atoms with van der Waals surface area (Å²) in [6.45, 7) is 7.76. The smallest absolute Gasteiger partial charge is 0.335 e. The van der Waals surface area contributed by atoms with Gasteiger partial charge in [0.15, 0.2) is 0 Å². The van der Waals surface area contributed by atoms with E-state index in [0.29, 0.717) is 24.5 Å². The first kappa shape index (κ1) is 19.4. The molecule has 2 rings (SSSR count). The number of carbonyl (C=O) groups excluding carboxylic acids is 1. The summed E-state index contributed by atoms with van der Waals surface area (Å²) in [5, 5.41) is 11.6. The molecule has 1 aromatic carbocycles. The zero-order valence-corrected chi connectivity index (χ0v) is 15.3. The number of benzene rings is 1. The van der Waals surface area contributed by atoms with Crippen LogP contribution in [0, 0.1) is 6.92 Å². The van der Waals surface area contributed by atoms with Crippen LogP contribution in [-0.2, 0) is 11.8 Å². The van der Waals surface area contributed by atoms with Gasteiger partial charge >= 0.3 is 5.97 Å². The minimum Gasteiger partial charge on any atom is -0.478 e. The number of aryl methyl sites for hydroxylation is 1. The van der Waals surface area contributed by atoms with Gasteiger partial charge in [0.05, 0.1) is 11.3 Å². The van der Waals surface area contributed by atoms with Crippen molar-refractivity contribution in [1.29, 1.82) is 0 Å². The first-order valence-corrected chi connectivity index (χ1v) is 8.31. The van der Waals surface area contributed by atoms with Gasteiger partial charge in [-0.3, -0.25) is 9.59 Å². The summed E-state index contributed by atoms with van der Waals surface area (Å²) < 4.78 is 0. The van der Waals surface area contributed by atoms with Crippen molar-refractivity contribution in [2.75, 3.05) is 6.54 Å². The summed E-state index contributed by atoms with van der Waals surface area (Å²) >= 11 is 0. The number of aromatic nitrogens is 2. The number of aromatic carboxylic acids is 1. The van der Waals surface area contributed by atoms with Gasteiger partial charge in [-0.25, -0.2) is 9.78 Å². The third-order valence-electron chi connectivity index (χ3n) is 3.94. The normalized spacial score (nSPS) is 11.2. The highest BCUT2D eigenvalue weighted by Crippen LogP contribution is 2.17. The van der Waals surface area contributed by atoms with Crippen LogP contribution in [0.5, 0.6) is 0 Å². The van der Waals surface area contributed by atoms with E-state index in [0.717, 1.165) is 5.56 Å². The summed E-state index contributed by atoms with van der Waals surface area (Å²) in [6.07, 6.45) is 0.524. The van der Waals surface area contributed by atoms with E-state index in [1.165, 1.54) is 12.1 Å². The van der Waals surface area contributed by atoms with Crippen LogP contribution in [0.15, 0.2) is 29.1 Å². The summed E-state index contributed by atoms with van der Waals surface area (Å²) in [5.41, 5.74) is 0.736. The molecule has 0 radical (unpaired) electrons. The molecule has 0 fully saturated rings. The standard InChI is InChI=1S/C19H23N3O4/c1-11-14(16(24)22-18(21-11)19(2,3)4)15(23)20-10-9-12-5-7-13(8-6-12)17(25)26/h5-8H,9-10H2,1-4H3,(H,20,23)(H,25,26)(H,21,22,24). The predicted molar refractivity (Wildman–Crippen MR) is 97.7 cm³/mol.